The summed E-state index contributed by atoms with van der Waals surface area (Å²) in [5.41, 5.74) is 7.23. The third-order valence-corrected chi connectivity index (χ3v) is 2.66. The fraction of sp³-hybridized carbons (Fsp3) is 0.400. The average Bonchev–Trinajstić information content (AvgIpc) is 2.10. The Morgan fingerprint density at radius 3 is 2.69 bits per heavy atom. The molecule has 1 rings (SSSR count). The molecule has 1 aromatic carbocycles. The first-order valence-electron chi connectivity index (χ1n) is 4.22. The van der Waals surface area contributed by atoms with Gasteiger partial charge in [0.05, 0.1) is 4.47 Å². The number of nitrogens with two attached hydrogens (primary N) is 1. The van der Waals surface area contributed by atoms with Gasteiger partial charge in [0.25, 0.3) is 0 Å². The Morgan fingerprint density at radius 2 is 2.15 bits per heavy atom. The molecule has 2 N–H and O–H groups in total. The van der Waals surface area contributed by atoms with Crippen LogP contribution in [0.1, 0.15) is 24.0 Å². The molecule has 0 aliphatic rings. The van der Waals surface area contributed by atoms with Gasteiger partial charge in [0, 0.05) is 0 Å². The summed E-state index contributed by atoms with van der Waals surface area (Å²) in [7, 11) is 0. The van der Waals surface area contributed by atoms with Gasteiger partial charge in [-0.15, -0.1) is 0 Å². The van der Waals surface area contributed by atoms with Crippen LogP contribution in [0.25, 0.3) is 0 Å². The highest BCUT2D eigenvalue weighted by atomic mass is 79.9. The fourth-order valence-electron chi connectivity index (χ4n) is 1.24. The first-order valence-corrected chi connectivity index (χ1v) is 5.01. The molecule has 0 aliphatic carbocycles. The van der Waals surface area contributed by atoms with Crippen LogP contribution >= 0.6 is 15.9 Å². The van der Waals surface area contributed by atoms with Gasteiger partial charge >= 0.3 is 0 Å². The minimum absolute atomic E-state index is 0.0659. The minimum atomic E-state index is -0.191. The van der Waals surface area contributed by atoms with Crippen molar-refractivity contribution in [2.24, 2.45) is 5.73 Å². The molecule has 0 heterocycles. The van der Waals surface area contributed by atoms with Gasteiger partial charge in [-0.05, 0) is 52.5 Å². The molecule has 1 nitrogen and oxygen atoms in total. The van der Waals surface area contributed by atoms with Crippen molar-refractivity contribution in [1.82, 2.24) is 0 Å². The number of aryl methyl sites for hydroxylation is 1. The maximum Gasteiger partial charge on any atom is 0.140 e. The van der Waals surface area contributed by atoms with Crippen LogP contribution in [0.4, 0.5) is 4.39 Å². The molecule has 0 saturated heterocycles. The van der Waals surface area contributed by atoms with E-state index in [0.717, 1.165) is 5.56 Å². The monoisotopic (exact) mass is 245 g/mol. The van der Waals surface area contributed by atoms with E-state index in [1.165, 1.54) is 0 Å². The molecular weight excluding hydrogens is 233 g/mol. The zero-order chi connectivity index (χ0) is 10.0. The van der Waals surface area contributed by atoms with Crippen LogP contribution in [0, 0.1) is 12.7 Å². The highest BCUT2D eigenvalue weighted by Gasteiger charge is 2.12. The molecule has 0 aliphatic heterocycles. The average molecular weight is 246 g/mol. The van der Waals surface area contributed by atoms with E-state index in [-0.39, 0.29) is 11.7 Å². The van der Waals surface area contributed by atoms with E-state index in [4.69, 9.17) is 5.73 Å². The number of halogens is 2. The van der Waals surface area contributed by atoms with Crippen molar-refractivity contribution in [1.29, 1.82) is 0 Å². The number of rotatable bonds is 2. The summed E-state index contributed by atoms with van der Waals surface area (Å²) in [6.07, 6.45) is 0. The largest absolute Gasteiger partial charge is 0.330 e. The van der Waals surface area contributed by atoms with Crippen molar-refractivity contribution in [2.45, 2.75) is 19.8 Å². The number of hydrogen-bond donors (Lipinski definition) is 1. The molecule has 0 amide bonds. The lowest BCUT2D eigenvalue weighted by molar-refractivity contribution is 0.584. The summed E-state index contributed by atoms with van der Waals surface area (Å²) in [5.74, 6) is -0.125. The normalized spacial score (nSPS) is 13.0. The SMILES string of the molecule is Cc1cc(Br)c(F)c(C(C)CN)c1. The Morgan fingerprint density at radius 1 is 1.54 bits per heavy atom. The summed E-state index contributed by atoms with van der Waals surface area (Å²) in [6.45, 7) is 4.33. The first kappa shape index (κ1) is 10.7. The van der Waals surface area contributed by atoms with Crippen LogP contribution in [-0.2, 0) is 0 Å². The minimum Gasteiger partial charge on any atom is -0.330 e. The maximum absolute atomic E-state index is 13.5. The predicted molar refractivity (Wildman–Crippen MR) is 56.3 cm³/mol. The van der Waals surface area contributed by atoms with Crippen LogP contribution in [0.2, 0.25) is 0 Å². The fourth-order valence-corrected chi connectivity index (χ4v) is 1.83. The summed E-state index contributed by atoms with van der Waals surface area (Å²) in [4.78, 5) is 0. The van der Waals surface area contributed by atoms with Gasteiger partial charge in [-0.1, -0.05) is 13.0 Å². The molecule has 1 unspecified atom stereocenters. The van der Waals surface area contributed by atoms with Crippen LogP contribution in [0.15, 0.2) is 16.6 Å². The predicted octanol–water partition coefficient (Wildman–Crippen LogP) is 2.96. The topological polar surface area (TPSA) is 26.0 Å². The van der Waals surface area contributed by atoms with Crippen molar-refractivity contribution in [3.63, 3.8) is 0 Å². The summed E-state index contributed by atoms with van der Waals surface area (Å²) >= 11 is 3.18. The molecule has 0 aromatic heterocycles. The van der Waals surface area contributed by atoms with Gasteiger partial charge in [-0.25, -0.2) is 4.39 Å². The second-order valence-corrected chi connectivity index (χ2v) is 4.14. The van der Waals surface area contributed by atoms with Gasteiger partial charge in [0.2, 0.25) is 0 Å². The Balaban J connectivity index is 3.20. The molecule has 3 heteroatoms. The van der Waals surface area contributed by atoms with Crippen LogP contribution in [0.5, 0.6) is 0 Å². The second-order valence-electron chi connectivity index (χ2n) is 3.29. The zero-order valence-corrected chi connectivity index (χ0v) is 9.36. The van der Waals surface area contributed by atoms with E-state index in [1.54, 1.807) is 6.07 Å². The van der Waals surface area contributed by atoms with Gasteiger partial charge in [0.1, 0.15) is 5.82 Å². The standard InChI is InChI=1S/C10H13BrFN/c1-6-3-8(7(2)5-13)10(12)9(11)4-6/h3-4,7H,5,13H2,1-2H3. The van der Waals surface area contributed by atoms with E-state index >= 15 is 0 Å². The molecule has 72 valence electrons. The van der Waals surface area contributed by atoms with E-state index in [0.29, 0.717) is 16.6 Å². The molecule has 0 saturated carbocycles. The Hall–Kier alpha value is -0.410. The van der Waals surface area contributed by atoms with E-state index in [9.17, 15) is 4.39 Å². The van der Waals surface area contributed by atoms with Crippen LogP contribution in [0.3, 0.4) is 0 Å². The van der Waals surface area contributed by atoms with E-state index in [2.05, 4.69) is 15.9 Å². The molecule has 0 radical (unpaired) electrons. The van der Waals surface area contributed by atoms with Crippen LogP contribution < -0.4 is 5.73 Å². The molecule has 0 fully saturated rings. The molecular formula is C10H13BrFN. The molecule has 0 spiro atoms. The Labute approximate surface area is 86.3 Å². The maximum atomic E-state index is 13.5. The van der Waals surface area contributed by atoms with Crippen molar-refractivity contribution in [3.05, 3.63) is 33.5 Å². The summed E-state index contributed by atoms with van der Waals surface area (Å²) < 4.78 is 14.0. The van der Waals surface area contributed by atoms with Crippen molar-refractivity contribution >= 4 is 15.9 Å². The lowest BCUT2D eigenvalue weighted by Gasteiger charge is -2.12. The summed E-state index contributed by atoms with van der Waals surface area (Å²) in [5, 5.41) is 0. The third kappa shape index (κ3) is 2.29. The van der Waals surface area contributed by atoms with Gasteiger partial charge < -0.3 is 5.73 Å². The summed E-state index contributed by atoms with van der Waals surface area (Å²) in [6, 6.07) is 3.61. The van der Waals surface area contributed by atoms with Gasteiger partial charge in [-0.3, -0.25) is 0 Å². The second kappa shape index (κ2) is 4.20. The van der Waals surface area contributed by atoms with Crippen molar-refractivity contribution in [3.8, 4) is 0 Å². The smallest absolute Gasteiger partial charge is 0.140 e. The quantitative estimate of drug-likeness (QED) is 0.852. The highest BCUT2D eigenvalue weighted by Crippen LogP contribution is 2.26. The van der Waals surface area contributed by atoms with Gasteiger partial charge in [0.15, 0.2) is 0 Å². The Bertz CT molecular complexity index is 312. The third-order valence-electron chi connectivity index (χ3n) is 2.09. The van der Waals surface area contributed by atoms with Crippen LogP contribution in [-0.4, -0.2) is 6.54 Å². The lowest BCUT2D eigenvalue weighted by atomic mass is 9.99. The highest BCUT2D eigenvalue weighted by molar-refractivity contribution is 9.10. The first-order chi connectivity index (χ1) is 6.06. The molecule has 0 bridgehead atoms. The number of benzene rings is 1. The molecule has 1 atom stereocenters. The Kier molecular flexibility index (Phi) is 3.45. The van der Waals surface area contributed by atoms with E-state index < -0.39 is 0 Å². The molecule has 13 heavy (non-hydrogen) atoms. The van der Waals surface area contributed by atoms with Crippen molar-refractivity contribution in [2.75, 3.05) is 6.54 Å². The van der Waals surface area contributed by atoms with Gasteiger partial charge in [-0.2, -0.15) is 0 Å². The van der Waals surface area contributed by atoms with E-state index in [1.807, 2.05) is 19.9 Å². The zero-order valence-electron chi connectivity index (χ0n) is 7.77. The number of hydrogen-bond acceptors (Lipinski definition) is 1. The molecule has 1 aromatic rings. The lowest BCUT2D eigenvalue weighted by Crippen LogP contribution is -2.11. The van der Waals surface area contributed by atoms with Crippen molar-refractivity contribution < 1.29 is 4.39 Å².